The van der Waals surface area contributed by atoms with Crippen LogP contribution in [0.15, 0.2) is 97.2 Å². The van der Waals surface area contributed by atoms with E-state index in [0.717, 1.165) is 80.2 Å². The number of halogens is 1. The van der Waals surface area contributed by atoms with E-state index in [-0.39, 0.29) is 169 Å². The number of aliphatic carboxylic acids is 2. The van der Waals surface area contributed by atoms with Crippen LogP contribution in [0.1, 0.15) is 215 Å². The molecule has 0 unspecified atom stereocenters. The van der Waals surface area contributed by atoms with Gasteiger partial charge in [0.05, 0.1) is 59.0 Å². The zero-order valence-corrected chi connectivity index (χ0v) is 85.9. The summed E-state index contributed by atoms with van der Waals surface area (Å²) in [6.07, 6.45) is 12.0. The number of carbonyl (C=O) groups is 17. The van der Waals surface area contributed by atoms with Crippen molar-refractivity contribution in [1.82, 2.24) is 83.1 Å². The average molecular weight is 2080 g/mol. The summed E-state index contributed by atoms with van der Waals surface area (Å²) in [4.78, 5) is 244. The Morgan fingerprint density at radius 2 is 1.19 bits per heavy atom. The van der Waals surface area contributed by atoms with Crippen molar-refractivity contribution in [3.05, 3.63) is 136 Å². The van der Waals surface area contributed by atoms with E-state index < -0.39 is 193 Å². The number of carbonyl (C=O) groups excluding carboxylic acids is 15. The second kappa shape index (κ2) is 61.8. The third kappa shape index (κ3) is 39.1. The number of carboxylic acids is 2. The molecule has 0 saturated carbocycles. The van der Waals surface area contributed by atoms with Crippen LogP contribution in [-0.2, 0) is 151 Å². The zero-order chi connectivity index (χ0) is 107. The lowest BCUT2D eigenvalue weighted by Crippen LogP contribution is -2.64. The third-order valence-electron chi connectivity index (χ3n) is 27.2. The number of nitrogens with zero attached hydrogens (tertiary/aromatic N) is 4. The summed E-state index contributed by atoms with van der Waals surface area (Å²) in [5.41, 5.74) is 2.41. The second-order valence-corrected chi connectivity index (χ2v) is 38.8. The molecule has 2 fully saturated rings. The number of hydrogen-bond donors (Lipinski definition) is 15. The predicted molar refractivity (Wildman–Crippen MR) is 542 cm³/mol. The topological polar surface area (TPSA) is 565 Å². The fourth-order valence-electron chi connectivity index (χ4n) is 18.8. The maximum Gasteiger partial charge on any atom is 0.326 e. The molecule has 11 atom stereocenters. The van der Waals surface area contributed by atoms with Crippen LogP contribution in [0, 0.1) is 5.82 Å². The summed E-state index contributed by atoms with van der Waals surface area (Å²) in [5.74, 6) is -13.4. The van der Waals surface area contributed by atoms with Crippen molar-refractivity contribution < 1.29 is 130 Å². The Morgan fingerprint density at radius 1 is 0.557 bits per heavy atom. The van der Waals surface area contributed by atoms with Crippen LogP contribution < -0.4 is 68.5 Å². The number of aliphatic hydroxyl groups is 1. The molecule has 12 bridgehead atoms. The van der Waals surface area contributed by atoms with E-state index >= 15 is 33.2 Å². The molecule has 1 aromatic heterocycles. The molecule has 42 nitrogen and oxygen atoms in total. The number of fused-ring (bicyclic) bond motifs is 16. The van der Waals surface area contributed by atoms with E-state index in [0.29, 0.717) is 96.8 Å². The third-order valence-corrected chi connectivity index (χ3v) is 27.2. The summed E-state index contributed by atoms with van der Waals surface area (Å²) in [7, 11) is 1.48. The number of ether oxygens (including phenoxy) is 6. The quantitative estimate of drug-likeness (QED) is 0.0249. The van der Waals surface area contributed by atoms with E-state index in [1.165, 1.54) is 38.0 Å². The van der Waals surface area contributed by atoms with Crippen LogP contribution in [0.5, 0.6) is 5.75 Å². The smallest absolute Gasteiger partial charge is 0.326 e. The molecule has 149 heavy (non-hydrogen) atoms. The number of rotatable bonds is 42. The minimum absolute atomic E-state index is 0.00790. The predicted octanol–water partition coefficient (Wildman–Crippen LogP) is 3.49. The SMILES string of the molecule is COc1ccc(C[C@@H]2NC(=O)[C@H]([C@@H](C)O)NC(=O)[C@@H]3[C@@H]4CCN3C(=O)[C@@H]3Cc5cn(c6ccc(F)cc56)CCCCCCN(Cc5ccc(cc5)CCNC(=O)[C@]5(C)CCCN5C2=O)C(=O)CCC(=O)N[C@@H](C)C(=O)N[C@H](CNC(=O)COCCOCCNC(=O)COCCOCCNC(=O)CC[C@H](NC(=O)CCCCCCCCCCCCCCC(=O)O)C(=O)O)C(=O)N[C@@H](Cc2cccc(c2)CNC(=O)CO4)C(=O)N3)cc1. The monoisotopic (exact) mass is 2080 g/mol. The van der Waals surface area contributed by atoms with Crippen LogP contribution in [0.3, 0.4) is 0 Å². The first-order valence-corrected chi connectivity index (χ1v) is 52.2. The fraction of sp³-hybridized carbons (Fsp3) is 0.594. The Hall–Kier alpha value is -13.1. The number of aromatic nitrogens is 1. The lowest BCUT2D eigenvalue weighted by Gasteiger charge is -2.37. The van der Waals surface area contributed by atoms with Gasteiger partial charge >= 0.3 is 11.9 Å². The highest BCUT2D eigenvalue weighted by Crippen LogP contribution is 2.33. The Kier molecular flexibility index (Phi) is 48.8. The molecule has 0 radical (unpaired) electrons. The second-order valence-electron chi connectivity index (χ2n) is 38.8. The Labute approximate surface area is 867 Å². The van der Waals surface area contributed by atoms with E-state index in [9.17, 15) is 63.0 Å². The van der Waals surface area contributed by atoms with Gasteiger partial charge in [0.25, 0.3) is 0 Å². The molecule has 0 aliphatic carbocycles. The number of methoxy groups -OCH3 is 1. The first kappa shape index (κ1) is 118. The number of amides is 15. The van der Waals surface area contributed by atoms with E-state index in [2.05, 4.69) is 63.8 Å². The maximum atomic E-state index is 16.4. The number of unbranched alkanes of at least 4 members (excludes halogenated alkanes) is 11. The maximum absolute atomic E-state index is 16.4. The van der Waals surface area contributed by atoms with Gasteiger partial charge in [0.1, 0.15) is 85.3 Å². The number of aliphatic hydroxyl groups excluding tert-OH is 1. The van der Waals surface area contributed by atoms with Crippen molar-refractivity contribution in [2.75, 3.05) is 112 Å². The Balaban J connectivity index is 0.810. The molecule has 7 heterocycles. The molecule has 15 N–H and O–H groups in total. The van der Waals surface area contributed by atoms with E-state index in [4.69, 9.17) is 33.5 Å². The Morgan fingerprint density at radius 3 is 1.86 bits per heavy atom. The van der Waals surface area contributed by atoms with Crippen molar-refractivity contribution in [1.29, 1.82) is 0 Å². The molecular weight excluding hydrogens is 1930 g/mol. The first-order chi connectivity index (χ1) is 71.7. The van der Waals surface area contributed by atoms with Gasteiger partial charge in [-0.1, -0.05) is 138 Å². The van der Waals surface area contributed by atoms with Crippen molar-refractivity contribution in [2.45, 2.75) is 293 Å². The fourth-order valence-corrected chi connectivity index (χ4v) is 18.8. The molecule has 4 aromatic carbocycles. The summed E-state index contributed by atoms with van der Waals surface area (Å²) in [6, 6.07) is 11.8. The van der Waals surface area contributed by atoms with Gasteiger partial charge in [0.2, 0.25) is 88.6 Å². The van der Waals surface area contributed by atoms with E-state index in [1.54, 1.807) is 72.6 Å². The van der Waals surface area contributed by atoms with Crippen LogP contribution in [0.25, 0.3) is 10.9 Å². The molecule has 43 heteroatoms. The van der Waals surface area contributed by atoms with Gasteiger partial charge < -0.3 is 127 Å². The van der Waals surface area contributed by atoms with Crippen molar-refractivity contribution in [3.8, 4) is 5.75 Å². The number of carboxylic acid groups (broad SMARTS) is 2. The minimum Gasteiger partial charge on any atom is -0.497 e. The molecule has 15 amide bonds. The average Bonchev–Trinajstić information content (AvgIpc) is 1.63. The highest BCUT2D eigenvalue weighted by Gasteiger charge is 2.50. The summed E-state index contributed by atoms with van der Waals surface area (Å²) < 4.78 is 51.7. The molecule has 5 aromatic rings. The van der Waals surface area contributed by atoms with Gasteiger partial charge in [-0.05, 0) is 142 Å². The minimum atomic E-state index is -1.90. The molecule has 6 aliphatic rings. The summed E-state index contributed by atoms with van der Waals surface area (Å²) in [6.45, 7) is 2.52. The van der Waals surface area contributed by atoms with Crippen LogP contribution in [0.4, 0.5) is 4.39 Å². The first-order valence-electron chi connectivity index (χ1n) is 52.2. The highest BCUT2D eigenvalue weighted by molar-refractivity contribution is 6.01. The van der Waals surface area contributed by atoms with Crippen LogP contribution in [0.2, 0.25) is 0 Å². The van der Waals surface area contributed by atoms with Crippen molar-refractivity contribution >= 4 is 111 Å². The highest BCUT2D eigenvalue weighted by atomic mass is 19.1. The molecule has 11 rings (SSSR count). The lowest BCUT2D eigenvalue weighted by molar-refractivity contribution is -0.148. The lowest BCUT2D eigenvalue weighted by atomic mass is 9.95. The van der Waals surface area contributed by atoms with Crippen molar-refractivity contribution in [2.24, 2.45) is 0 Å². The standard InChI is InChI=1S/C106H149FN16O26/c1-69-97(134)118-84(63-112-91(129)67-148-56-54-146-52-46-109-90(128)66-147-55-53-145-51-45-108-87(125)38-36-80(104(141)142)114-88(126)25-17-13-11-9-7-5-6-8-10-12-14-18-26-94(132)133)99(136)115-81-59-74-23-21-24-75(57-74)62-111-92(130)68-149-86-42-50-122-96(86)101(138)119-95(70(2)124)100(137)117-82(58-72-31-34-78(144-4)35-32-72)103(140)123-49-22-43-106(123,3)105(143)110-44-41-71-27-29-73(30-28-71)64-121(93(131)40-39-89(127)113-69)48-20-16-15-19-47-120-65-76(60-83(102(122)139)116-98(81)135)79-61-77(107)33-37-85(79)120/h21,23-24,27-35,37,57,61,65,69-70,80-84,86,95-96,124H,5-20,22,25-26,36,38-56,58-60,62-64,66-68H2,1-4H3,(H,108,125)(H,109,128)(H,110,143)(H,111,130)(H,112,129)(H,113,127)(H,114,126)(H,115,136)(H,116,135)(H,117,137)(H,118,134)(H,119,138)(H,132,133)(H,141,142)/t69-,70+,80-,81-,82-,83-,84+,86-,95-,96-,106-/m0/s1. The molecule has 2 saturated heterocycles. The molecule has 6 aliphatic heterocycles. The van der Waals surface area contributed by atoms with E-state index in [1.807, 2.05) is 28.8 Å². The summed E-state index contributed by atoms with van der Waals surface area (Å²) in [5, 5.41) is 63.0. The van der Waals surface area contributed by atoms with Gasteiger partial charge in [0.15, 0.2) is 0 Å². The number of hydrogen-bond acceptors (Lipinski definition) is 24. The normalized spacial score (nSPS) is 21.6. The van der Waals surface area contributed by atoms with Gasteiger partial charge in [-0.25, -0.2) is 9.18 Å². The zero-order valence-electron chi connectivity index (χ0n) is 85.9. The largest absolute Gasteiger partial charge is 0.497 e. The molecular formula is C106H149FN16O26. The van der Waals surface area contributed by atoms with Gasteiger partial charge in [-0.2, -0.15) is 0 Å². The van der Waals surface area contributed by atoms with Gasteiger partial charge in [-0.15, -0.1) is 0 Å². The number of aryl methyl sites for hydroxylation is 1. The van der Waals surface area contributed by atoms with Crippen molar-refractivity contribution in [3.63, 3.8) is 0 Å². The van der Waals surface area contributed by atoms with Crippen LogP contribution in [-0.4, -0.2) is 314 Å². The van der Waals surface area contributed by atoms with Gasteiger partial charge in [0, 0.05) is 134 Å². The Bertz CT molecular complexity index is 5320. The van der Waals surface area contributed by atoms with Crippen LogP contribution >= 0.6 is 0 Å². The molecule has 0 spiro atoms. The number of benzene rings is 4. The van der Waals surface area contributed by atoms with Gasteiger partial charge in [-0.3, -0.25) is 76.7 Å². The number of nitrogens with one attached hydrogen (secondary N) is 12. The molecule has 816 valence electrons. The summed E-state index contributed by atoms with van der Waals surface area (Å²) >= 11 is 0.